The first-order valence-electron chi connectivity index (χ1n) is 10.4. The second-order valence-electron chi connectivity index (χ2n) is 7.71. The average Bonchev–Trinajstić information content (AvgIpc) is 3.31. The number of amides is 1. The van der Waals surface area contributed by atoms with Crippen LogP contribution in [-0.2, 0) is 24.8 Å². The molecule has 1 spiro atoms. The van der Waals surface area contributed by atoms with Gasteiger partial charge in [-0.25, -0.2) is 5.06 Å². The van der Waals surface area contributed by atoms with E-state index in [4.69, 9.17) is 21.2 Å². The number of hydrogen-bond donors (Lipinski definition) is 1. The highest BCUT2D eigenvalue weighted by Crippen LogP contribution is 2.57. The number of hydrogen-bond acceptors (Lipinski definition) is 5. The summed E-state index contributed by atoms with van der Waals surface area (Å²) >= 11 is 6.13. The number of fused-ring (bicyclic) bond motifs is 2. The molecule has 0 radical (unpaired) electrons. The SMILES string of the molecule is CCOC(=O)C1C(c2ccc(Cl)cc2)N(c2ccccc2)OC12C(=O)Nc1ccccc12. The van der Waals surface area contributed by atoms with Crippen LogP contribution in [0.4, 0.5) is 11.4 Å². The largest absolute Gasteiger partial charge is 0.466 e. The van der Waals surface area contributed by atoms with Gasteiger partial charge in [-0.1, -0.05) is 60.1 Å². The molecule has 0 bridgehead atoms. The summed E-state index contributed by atoms with van der Waals surface area (Å²) in [5.74, 6) is -1.85. The molecular formula is C25H21ClN2O4. The van der Waals surface area contributed by atoms with E-state index in [1.165, 1.54) is 0 Å². The van der Waals surface area contributed by atoms with Crippen molar-refractivity contribution in [2.45, 2.75) is 18.6 Å². The molecule has 5 rings (SSSR count). The molecule has 7 heteroatoms. The first-order valence-corrected chi connectivity index (χ1v) is 10.8. The molecule has 1 fully saturated rings. The van der Waals surface area contributed by atoms with Gasteiger partial charge in [0.05, 0.1) is 18.3 Å². The Morgan fingerprint density at radius 1 is 1.06 bits per heavy atom. The lowest BCUT2D eigenvalue weighted by Gasteiger charge is -2.27. The third kappa shape index (κ3) is 3.06. The first-order chi connectivity index (χ1) is 15.6. The smallest absolute Gasteiger partial charge is 0.315 e. The normalized spacial score (nSPS) is 23.8. The number of benzene rings is 3. The Morgan fingerprint density at radius 2 is 1.75 bits per heavy atom. The molecule has 3 unspecified atom stereocenters. The van der Waals surface area contributed by atoms with Crippen molar-refractivity contribution in [3.63, 3.8) is 0 Å². The minimum atomic E-state index is -1.57. The highest BCUT2D eigenvalue weighted by Gasteiger charge is 2.67. The first kappa shape index (κ1) is 20.5. The summed E-state index contributed by atoms with van der Waals surface area (Å²) < 4.78 is 5.48. The molecule has 3 atom stereocenters. The molecule has 1 N–H and O–H groups in total. The summed E-state index contributed by atoms with van der Waals surface area (Å²) in [5, 5.41) is 5.11. The van der Waals surface area contributed by atoms with Crippen LogP contribution in [0.15, 0.2) is 78.9 Å². The van der Waals surface area contributed by atoms with E-state index in [2.05, 4.69) is 5.32 Å². The Labute approximate surface area is 190 Å². The summed E-state index contributed by atoms with van der Waals surface area (Å²) in [6.07, 6.45) is 0. The monoisotopic (exact) mass is 448 g/mol. The van der Waals surface area contributed by atoms with Gasteiger partial charge >= 0.3 is 5.97 Å². The van der Waals surface area contributed by atoms with Crippen LogP contribution in [0.25, 0.3) is 0 Å². The molecule has 0 aliphatic carbocycles. The standard InChI is InChI=1S/C25H21ClN2O4/c1-2-31-23(29)21-22(16-12-14-17(26)15-13-16)28(18-8-4-3-5-9-18)32-25(21)19-10-6-7-11-20(19)27-24(25)30/h3-15,21-22H,2H2,1H3,(H,27,30). The van der Waals surface area contributed by atoms with E-state index in [0.717, 1.165) is 11.3 Å². The molecule has 32 heavy (non-hydrogen) atoms. The summed E-state index contributed by atoms with van der Waals surface area (Å²) in [6, 6.07) is 23.3. The number of esters is 1. The second-order valence-corrected chi connectivity index (χ2v) is 8.15. The fraction of sp³-hybridized carbons (Fsp3) is 0.200. The number of halogens is 1. The third-order valence-electron chi connectivity index (χ3n) is 5.92. The Kier molecular flexibility index (Phi) is 5.12. The molecule has 6 nitrogen and oxygen atoms in total. The molecular weight excluding hydrogens is 428 g/mol. The van der Waals surface area contributed by atoms with Crippen molar-refractivity contribution < 1.29 is 19.2 Å². The topological polar surface area (TPSA) is 67.9 Å². The van der Waals surface area contributed by atoms with Gasteiger partial charge in [0, 0.05) is 16.3 Å². The Morgan fingerprint density at radius 3 is 2.47 bits per heavy atom. The molecule has 3 aromatic carbocycles. The number of anilines is 2. The lowest BCUT2D eigenvalue weighted by Crippen LogP contribution is -2.45. The van der Waals surface area contributed by atoms with Gasteiger partial charge < -0.3 is 10.1 Å². The number of rotatable bonds is 4. The van der Waals surface area contributed by atoms with Gasteiger partial charge in [-0.15, -0.1) is 0 Å². The van der Waals surface area contributed by atoms with Crippen LogP contribution in [0, 0.1) is 5.92 Å². The van der Waals surface area contributed by atoms with Crippen molar-refractivity contribution in [3.8, 4) is 0 Å². The van der Waals surface area contributed by atoms with Crippen LogP contribution < -0.4 is 10.4 Å². The number of carbonyl (C=O) groups is 2. The van der Waals surface area contributed by atoms with E-state index < -0.39 is 29.4 Å². The number of ether oxygens (including phenoxy) is 1. The molecule has 3 aromatic rings. The quantitative estimate of drug-likeness (QED) is 0.577. The third-order valence-corrected chi connectivity index (χ3v) is 6.18. The van der Waals surface area contributed by atoms with E-state index in [9.17, 15) is 9.59 Å². The van der Waals surface area contributed by atoms with Gasteiger partial charge in [0.2, 0.25) is 5.60 Å². The van der Waals surface area contributed by atoms with Gasteiger partial charge in [0.1, 0.15) is 5.92 Å². The minimum absolute atomic E-state index is 0.188. The highest BCUT2D eigenvalue weighted by atomic mass is 35.5. The van der Waals surface area contributed by atoms with Crippen LogP contribution in [0.2, 0.25) is 5.02 Å². The van der Waals surface area contributed by atoms with Crippen molar-refractivity contribution in [1.29, 1.82) is 0 Å². The van der Waals surface area contributed by atoms with Crippen LogP contribution in [0.5, 0.6) is 0 Å². The predicted molar refractivity (Wildman–Crippen MR) is 121 cm³/mol. The van der Waals surface area contributed by atoms with Gasteiger partial charge in [0.25, 0.3) is 5.91 Å². The molecule has 0 saturated carbocycles. The zero-order chi connectivity index (χ0) is 22.3. The number of nitrogens with one attached hydrogen (secondary N) is 1. The lowest BCUT2D eigenvalue weighted by molar-refractivity contribution is -0.161. The van der Waals surface area contributed by atoms with Gasteiger partial charge in [-0.3, -0.25) is 14.4 Å². The summed E-state index contributed by atoms with van der Waals surface area (Å²) in [7, 11) is 0. The fourth-order valence-corrected chi connectivity index (χ4v) is 4.71. The van der Waals surface area contributed by atoms with Gasteiger partial charge in [0.15, 0.2) is 0 Å². The molecule has 2 aliphatic rings. The fourth-order valence-electron chi connectivity index (χ4n) is 4.58. The van der Waals surface area contributed by atoms with E-state index in [1.54, 1.807) is 30.2 Å². The molecule has 0 aromatic heterocycles. The van der Waals surface area contributed by atoms with Crippen molar-refractivity contribution in [3.05, 3.63) is 95.0 Å². The van der Waals surface area contributed by atoms with Crippen molar-refractivity contribution >= 4 is 34.9 Å². The number of carbonyl (C=O) groups excluding carboxylic acids is 2. The van der Waals surface area contributed by atoms with E-state index in [1.807, 2.05) is 60.7 Å². The van der Waals surface area contributed by atoms with Gasteiger partial charge in [-0.05, 0) is 42.8 Å². The molecule has 2 heterocycles. The minimum Gasteiger partial charge on any atom is -0.466 e. The van der Waals surface area contributed by atoms with Crippen LogP contribution in [0.3, 0.4) is 0 Å². The summed E-state index contributed by atoms with van der Waals surface area (Å²) in [5.41, 5.74) is 1.17. The average molecular weight is 449 g/mol. The molecule has 2 aliphatic heterocycles. The summed E-state index contributed by atoms with van der Waals surface area (Å²) in [4.78, 5) is 33.4. The predicted octanol–water partition coefficient (Wildman–Crippen LogP) is 4.86. The zero-order valence-electron chi connectivity index (χ0n) is 17.3. The van der Waals surface area contributed by atoms with E-state index >= 15 is 0 Å². The lowest BCUT2D eigenvalue weighted by atomic mass is 9.76. The zero-order valence-corrected chi connectivity index (χ0v) is 18.1. The summed E-state index contributed by atoms with van der Waals surface area (Å²) in [6.45, 7) is 1.93. The molecule has 1 amide bonds. The maximum atomic E-state index is 13.5. The maximum absolute atomic E-state index is 13.5. The Balaban J connectivity index is 1.75. The Bertz CT molecular complexity index is 1170. The van der Waals surface area contributed by atoms with Crippen molar-refractivity contribution in [1.82, 2.24) is 0 Å². The number of nitrogens with zero attached hydrogens (tertiary/aromatic N) is 1. The Hall–Kier alpha value is -3.35. The van der Waals surface area contributed by atoms with Gasteiger partial charge in [-0.2, -0.15) is 0 Å². The number of para-hydroxylation sites is 2. The molecule has 1 saturated heterocycles. The maximum Gasteiger partial charge on any atom is 0.315 e. The van der Waals surface area contributed by atoms with Crippen molar-refractivity contribution in [2.24, 2.45) is 5.92 Å². The van der Waals surface area contributed by atoms with Crippen LogP contribution in [-0.4, -0.2) is 18.5 Å². The second kappa shape index (κ2) is 7.97. The van der Waals surface area contributed by atoms with Crippen molar-refractivity contribution in [2.75, 3.05) is 17.0 Å². The van der Waals surface area contributed by atoms with Crippen LogP contribution in [0.1, 0.15) is 24.1 Å². The van der Waals surface area contributed by atoms with E-state index in [0.29, 0.717) is 16.3 Å². The number of hydroxylamine groups is 1. The highest BCUT2D eigenvalue weighted by molar-refractivity contribution is 6.30. The molecule has 162 valence electrons. The van der Waals surface area contributed by atoms with Crippen LogP contribution >= 0.6 is 11.6 Å². The van der Waals surface area contributed by atoms with E-state index in [-0.39, 0.29) is 6.61 Å².